The van der Waals surface area contributed by atoms with Gasteiger partial charge in [0.05, 0.1) is 18.9 Å². The van der Waals surface area contributed by atoms with Gasteiger partial charge in [0.2, 0.25) is 0 Å². The third-order valence-electron chi connectivity index (χ3n) is 3.25. The van der Waals surface area contributed by atoms with Gasteiger partial charge >= 0.3 is 0 Å². The van der Waals surface area contributed by atoms with Crippen molar-refractivity contribution in [1.29, 1.82) is 5.26 Å². The molecule has 0 aliphatic heterocycles. The van der Waals surface area contributed by atoms with Crippen LogP contribution >= 0.6 is 0 Å². The highest BCUT2D eigenvalue weighted by Gasteiger charge is 2.20. The van der Waals surface area contributed by atoms with Crippen LogP contribution in [0.2, 0.25) is 0 Å². The standard InChI is InChI=1S/C16H17N3O/c1-11(2)12-6-7-13(16(9-12)20-3)14(10-17)15-5-4-8-18-19-15/h4-9,11,14H,1-3H3. The van der Waals surface area contributed by atoms with Crippen LogP contribution in [0.1, 0.15) is 42.5 Å². The van der Waals surface area contributed by atoms with E-state index >= 15 is 0 Å². The molecule has 0 spiro atoms. The molecule has 0 N–H and O–H groups in total. The Hall–Kier alpha value is -2.41. The summed E-state index contributed by atoms with van der Waals surface area (Å²) in [6, 6.07) is 11.8. The molecule has 1 unspecified atom stereocenters. The zero-order valence-electron chi connectivity index (χ0n) is 11.9. The van der Waals surface area contributed by atoms with Crippen molar-refractivity contribution in [3.63, 3.8) is 0 Å². The molecule has 0 radical (unpaired) electrons. The minimum absolute atomic E-state index is 0.412. The Labute approximate surface area is 119 Å². The van der Waals surface area contributed by atoms with Crippen LogP contribution < -0.4 is 4.74 Å². The molecule has 0 saturated heterocycles. The van der Waals surface area contributed by atoms with Crippen LogP contribution in [0, 0.1) is 11.3 Å². The van der Waals surface area contributed by atoms with Gasteiger partial charge in [-0.05, 0) is 29.7 Å². The van der Waals surface area contributed by atoms with Crippen LogP contribution in [0.25, 0.3) is 0 Å². The van der Waals surface area contributed by atoms with Gasteiger partial charge in [-0.3, -0.25) is 0 Å². The normalized spacial score (nSPS) is 11.9. The van der Waals surface area contributed by atoms with E-state index in [0.717, 1.165) is 5.56 Å². The van der Waals surface area contributed by atoms with Gasteiger partial charge < -0.3 is 4.74 Å². The van der Waals surface area contributed by atoms with Gasteiger partial charge in [-0.25, -0.2) is 0 Å². The predicted molar refractivity (Wildman–Crippen MR) is 76.6 cm³/mol. The van der Waals surface area contributed by atoms with Gasteiger partial charge in [0.1, 0.15) is 11.7 Å². The van der Waals surface area contributed by atoms with Crippen molar-refractivity contribution < 1.29 is 4.74 Å². The summed E-state index contributed by atoms with van der Waals surface area (Å²) in [6.07, 6.45) is 1.59. The minimum Gasteiger partial charge on any atom is -0.496 e. The van der Waals surface area contributed by atoms with Gasteiger partial charge in [0.25, 0.3) is 0 Å². The molecule has 0 aliphatic rings. The number of rotatable bonds is 4. The highest BCUT2D eigenvalue weighted by Crippen LogP contribution is 2.32. The van der Waals surface area contributed by atoms with Gasteiger partial charge in [0, 0.05) is 11.8 Å². The minimum atomic E-state index is -0.472. The number of aromatic nitrogens is 2. The second kappa shape index (κ2) is 6.16. The zero-order valence-corrected chi connectivity index (χ0v) is 11.9. The smallest absolute Gasteiger partial charge is 0.124 e. The van der Waals surface area contributed by atoms with Crippen molar-refractivity contribution in [2.75, 3.05) is 7.11 Å². The lowest BCUT2D eigenvalue weighted by Gasteiger charge is -2.15. The summed E-state index contributed by atoms with van der Waals surface area (Å²) in [5, 5.41) is 17.3. The average molecular weight is 267 g/mol. The van der Waals surface area contributed by atoms with E-state index in [1.54, 1.807) is 25.4 Å². The van der Waals surface area contributed by atoms with E-state index in [9.17, 15) is 5.26 Å². The van der Waals surface area contributed by atoms with Gasteiger partial charge in [-0.1, -0.05) is 26.0 Å². The summed E-state index contributed by atoms with van der Waals surface area (Å²) in [6.45, 7) is 4.25. The molecule has 1 heterocycles. The maximum Gasteiger partial charge on any atom is 0.124 e. The number of ether oxygens (including phenoxy) is 1. The Morgan fingerprint density at radius 2 is 2.05 bits per heavy atom. The molecule has 0 aliphatic carbocycles. The van der Waals surface area contributed by atoms with Crippen molar-refractivity contribution in [3.8, 4) is 11.8 Å². The van der Waals surface area contributed by atoms with Gasteiger partial charge in [0.15, 0.2) is 0 Å². The lowest BCUT2D eigenvalue weighted by Crippen LogP contribution is -2.05. The first-order chi connectivity index (χ1) is 9.67. The first-order valence-electron chi connectivity index (χ1n) is 6.52. The maximum atomic E-state index is 9.46. The van der Waals surface area contributed by atoms with Gasteiger partial charge in [-0.15, -0.1) is 0 Å². The molecule has 2 rings (SSSR count). The van der Waals surface area contributed by atoms with E-state index in [4.69, 9.17) is 4.74 Å². The second-order valence-corrected chi connectivity index (χ2v) is 4.87. The van der Waals surface area contributed by atoms with Crippen LogP contribution in [0.3, 0.4) is 0 Å². The largest absolute Gasteiger partial charge is 0.496 e. The van der Waals surface area contributed by atoms with Gasteiger partial charge in [-0.2, -0.15) is 15.5 Å². The summed E-state index contributed by atoms with van der Waals surface area (Å²) < 4.78 is 5.44. The third kappa shape index (κ3) is 2.77. The van der Waals surface area contributed by atoms with Crippen molar-refractivity contribution in [2.24, 2.45) is 0 Å². The third-order valence-corrected chi connectivity index (χ3v) is 3.25. The van der Waals surface area contributed by atoms with Crippen molar-refractivity contribution >= 4 is 0 Å². The molecule has 1 aromatic carbocycles. The fraction of sp³-hybridized carbons (Fsp3) is 0.312. The number of methoxy groups -OCH3 is 1. The Morgan fingerprint density at radius 3 is 2.60 bits per heavy atom. The Morgan fingerprint density at radius 1 is 1.25 bits per heavy atom. The lowest BCUT2D eigenvalue weighted by molar-refractivity contribution is 0.408. The van der Waals surface area contributed by atoms with E-state index in [0.29, 0.717) is 17.4 Å². The van der Waals surface area contributed by atoms with E-state index in [1.165, 1.54) is 5.56 Å². The van der Waals surface area contributed by atoms with E-state index in [-0.39, 0.29) is 0 Å². The van der Waals surface area contributed by atoms with E-state index in [2.05, 4.69) is 30.1 Å². The number of hydrogen-bond donors (Lipinski definition) is 0. The van der Waals surface area contributed by atoms with Crippen LogP contribution in [0.5, 0.6) is 5.75 Å². The SMILES string of the molecule is COc1cc(C(C)C)ccc1C(C#N)c1cccnn1. The summed E-state index contributed by atoms with van der Waals surface area (Å²) in [5.74, 6) is 0.656. The second-order valence-electron chi connectivity index (χ2n) is 4.87. The first kappa shape index (κ1) is 14.0. The van der Waals surface area contributed by atoms with E-state index < -0.39 is 5.92 Å². The monoisotopic (exact) mass is 267 g/mol. The molecule has 0 bridgehead atoms. The molecule has 0 fully saturated rings. The summed E-state index contributed by atoms with van der Waals surface area (Å²) >= 11 is 0. The molecule has 0 saturated carbocycles. The molecule has 0 amide bonds. The van der Waals surface area contributed by atoms with Crippen LogP contribution in [-0.2, 0) is 0 Å². The fourth-order valence-corrected chi connectivity index (χ4v) is 2.09. The lowest BCUT2D eigenvalue weighted by atomic mass is 9.92. The predicted octanol–water partition coefficient (Wildman–Crippen LogP) is 3.26. The van der Waals surface area contributed by atoms with Crippen LogP contribution in [-0.4, -0.2) is 17.3 Å². The number of nitriles is 1. The number of hydrogen-bond acceptors (Lipinski definition) is 4. The molecule has 102 valence electrons. The Kier molecular flexibility index (Phi) is 4.31. The molecule has 4 nitrogen and oxygen atoms in total. The first-order valence-corrected chi connectivity index (χ1v) is 6.52. The highest BCUT2D eigenvalue weighted by molar-refractivity contribution is 5.46. The molecule has 1 aromatic heterocycles. The Balaban J connectivity index is 2.48. The number of nitrogens with zero attached hydrogens (tertiary/aromatic N) is 3. The van der Waals surface area contributed by atoms with Crippen molar-refractivity contribution in [2.45, 2.75) is 25.7 Å². The van der Waals surface area contributed by atoms with Crippen molar-refractivity contribution in [1.82, 2.24) is 10.2 Å². The molecular formula is C16H17N3O. The zero-order chi connectivity index (χ0) is 14.5. The number of benzene rings is 1. The molecular weight excluding hydrogens is 250 g/mol. The maximum absolute atomic E-state index is 9.46. The topological polar surface area (TPSA) is 58.8 Å². The van der Waals surface area contributed by atoms with Crippen LogP contribution in [0.15, 0.2) is 36.5 Å². The molecule has 1 atom stereocenters. The summed E-state index contributed by atoms with van der Waals surface area (Å²) in [4.78, 5) is 0. The molecule has 20 heavy (non-hydrogen) atoms. The van der Waals surface area contributed by atoms with Crippen LogP contribution in [0.4, 0.5) is 0 Å². The molecule has 4 heteroatoms. The fourth-order valence-electron chi connectivity index (χ4n) is 2.09. The quantitative estimate of drug-likeness (QED) is 0.853. The van der Waals surface area contributed by atoms with E-state index in [1.807, 2.05) is 18.2 Å². The summed E-state index contributed by atoms with van der Waals surface area (Å²) in [7, 11) is 1.62. The summed E-state index contributed by atoms with van der Waals surface area (Å²) in [5.41, 5.74) is 2.63. The Bertz CT molecular complexity index is 617. The average Bonchev–Trinajstić information content (AvgIpc) is 2.49. The molecule has 2 aromatic rings. The highest BCUT2D eigenvalue weighted by atomic mass is 16.5. The van der Waals surface area contributed by atoms with Crippen molar-refractivity contribution in [3.05, 3.63) is 53.3 Å².